The second kappa shape index (κ2) is 5.57. The maximum Gasteiger partial charge on any atom is 0.242 e. The largest absolute Gasteiger partial charge is 0.357 e. The normalized spacial score (nSPS) is 21.2. The van der Waals surface area contributed by atoms with Crippen molar-refractivity contribution in [1.82, 2.24) is 5.32 Å². The Labute approximate surface area is 112 Å². The number of hydrogen-bond acceptors (Lipinski definition) is 3. The summed E-state index contributed by atoms with van der Waals surface area (Å²) in [5, 5.41) is 2.86. The first-order chi connectivity index (χ1) is 9.04. The van der Waals surface area contributed by atoms with E-state index in [1.54, 1.807) is 6.07 Å². The zero-order valence-corrected chi connectivity index (χ0v) is 11.3. The Morgan fingerprint density at radius 1 is 1.58 bits per heavy atom. The number of rotatable bonds is 3. The standard InChI is InChI=1S/C14H20FN3O/c1-3-12-14(19)17-6-7-18(12)13-5-4-10(15)8-11(13)9(2)16/h4-5,8-9,12H,3,6-7,16H2,1-2H3,(H,17,19). The van der Waals surface area contributed by atoms with Crippen LogP contribution in [0.25, 0.3) is 0 Å². The van der Waals surface area contributed by atoms with Crippen LogP contribution < -0.4 is 16.0 Å². The summed E-state index contributed by atoms with van der Waals surface area (Å²) in [7, 11) is 0. The van der Waals surface area contributed by atoms with Gasteiger partial charge in [0.15, 0.2) is 0 Å². The molecule has 1 aromatic carbocycles. The van der Waals surface area contributed by atoms with Gasteiger partial charge in [-0.2, -0.15) is 0 Å². The first-order valence-corrected chi connectivity index (χ1v) is 6.64. The van der Waals surface area contributed by atoms with Crippen molar-refractivity contribution in [3.63, 3.8) is 0 Å². The Morgan fingerprint density at radius 3 is 2.95 bits per heavy atom. The van der Waals surface area contributed by atoms with Crippen molar-refractivity contribution >= 4 is 11.6 Å². The molecule has 3 N–H and O–H groups in total. The van der Waals surface area contributed by atoms with Crippen LogP contribution in [0.3, 0.4) is 0 Å². The van der Waals surface area contributed by atoms with Gasteiger partial charge in [0.05, 0.1) is 0 Å². The number of benzene rings is 1. The zero-order valence-electron chi connectivity index (χ0n) is 11.3. The van der Waals surface area contributed by atoms with Crippen molar-refractivity contribution in [3.05, 3.63) is 29.6 Å². The average molecular weight is 265 g/mol. The molecule has 0 bridgehead atoms. The fourth-order valence-electron chi connectivity index (χ4n) is 2.56. The summed E-state index contributed by atoms with van der Waals surface area (Å²) >= 11 is 0. The minimum absolute atomic E-state index is 0.0219. The molecular formula is C14H20FN3O. The summed E-state index contributed by atoms with van der Waals surface area (Å²) in [5.41, 5.74) is 7.52. The van der Waals surface area contributed by atoms with Crippen molar-refractivity contribution in [2.24, 2.45) is 5.73 Å². The SMILES string of the molecule is CCC1C(=O)NCCN1c1ccc(F)cc1C(C)N. The molecule has 5 heteroatoms. The Bertz CT molecular complexity index is 476. The molecule has 0 spiro atoms. The fraction of sp³-hybridized carbons (Fsp3) is 0.500. The number of amides is 1. The van der Waals surface area contributed by atoms with Gasteiger partial charge in [0, 0.05) is 24.8 Å². The van der Waals surface area contributed by atoms with E-state index in [-0.39, 0.29) is 23.8 Å². The number of nitrogens with zero attached hydrogens (tertiary/aromatic N) is 1. The van der Waals surface area contributed by atoms with E-state index in [2.05, 4.69) is 5.32 Å². The van der Waals surface area contributed by atoms with E-state index < -0.39 is 0 Å². The minimum atomic E-state index is -0.300. The van der Waals surface area contributed by atoms with Crippen LogP contribution in [0.5, 0.6) is 0 Å². The maximum atomic E-state index is 13.4. The first-order valence-electron chi connectivity index (χ1n) is 6.64. The van der Waals surface area contributed by atoms with E-state index in [1.165, 1.54) is 12.1 Å². The molecule has 1 heterocycles. The van der Waals surface area contributed by atoms with Crippen LogP contribution in [-0.4, -0.2) is 25.0 Å². The highest BCUT2D eigenvalue weighted by molar-refractivity contribution is 5.86. The van der Waals surface area contributed by atoms with Crippen LogP contribution in [0, 0.1) is 5.82 Å². The van der Waals surface area contributed by atoms with Gasteiger partial charge in [0.1, 0.15) is 11.9 Å². The van der Waals surface area contributed by atoms with E-state index in [1.807, 2.05) is 18.7 Å². The van der Waals surface area contributed by atoms with Crippen molar-refractivity contribution in [1.29, 1.82) is 0 Å². The lowest BCUT2D eigenvalue weighted by atomic mass is 10.0. The summed E-state index contributed by atoms with van der Waals surface area (Å²) in [6.07, 6.45) is 0.710. The Morgan fingerprint density at radius 2 is 2.32 bits per heavy atom. The lowest BCUT2D eigenvalue weighted by molar-refractivity contribution is -0.123. The van der Waals surface area contributed by atoms with Crippen molar-refractivity contribution < 1.29 is 9.18 Å². The van der Waals surface area contributed by atoms with E-state index in [9.17, 15) is 9.18 Å². The lowest BCUT2D eigenvalue weighted by Crippen LogP contribution is -2.55. The highest BCUT2D eigenvalue weighted by atomic mass is 19.1. The molecule has 1 amide bonds. The Kier molecular flexibility index (Phi) is 4.04. The molecule has 104 valence electrons. The van der Waals surface area contributed by atoms with Crippen molar-refractivity contribution in [2.75, 3.05) is 18.0 Å². The van der Waals surface area contributed by atoms with Gasteiger partial charge in [0.25, 0.3) is 0 Å². The smallest absolute Gasteiger partial charge is 0.242 e. The minimum Gasteiger partial charge on any atom is -0.357 e. The number of piperazine rings is 1. The van der Waals surface area contributed by atoms with Gasteiger partial charge in [0.2, 0.25) is 5.91 Å². The summed E-state index contributed by atoms with van der Waals surface area (Å²) < 4.78 is 13.4. The number of halogens is 1. The third-order valence-corrected chi connectivity index (χ3v) is 3.51. The first kappa shape index (κ1) is 13.8. The number of carbonyl (C=O) groups excluding carboxylic acids is 1. The number of nitrogens with two attached hydrogens (primary N) is 1. The predicted octanol–water partition coefficient (Wildman–Crippen LogP) is 1.56. The fourth-order valence-corrected chi connectivity index (χ4v) is 2.56. The number of anilines is 1. The van der Waals surface area contributed by atoms with E-state index in [0.717, 1.165) is 17.8 Å². The molecule has 1 aliphatic heterocycles. The molecule has 2 rings (SSSR count). The van der Waals surface area contributed by atoms with Crippen LogP contribution in [-0.2, 0) is 4.79 Å². The van der Waals surface area contributed by atoms with Crippen LogP contribution in [0.15, 0.2) is 18.2 Å². The Hall–Kier alpha value is -1.62. The molecule has 1 aliphatic rings. The monoisotopic (exact) mass is 265 g/mol. The highest BCUT2D eigenvalue weighted by Crippen LogP contribution is 2.29. The second-order valence-corrected chi connectivity index (χ2v) is 4.90. The molecule has 0 radical (unpaired) electrons. The lowest BCUT2D eigenvalue weighted by Gasteiger charge is -2.38. The molecule has 1 fully saturated rings. The van der Waals surface area contributed by atoms with Crippen LogP contribution in [0.1, 0.15) is 31.9 Å². The van der Waals surface area contributed by atoms with E-state index >= 15 is 0 Å². The molecule has 0 aromatic heterocycles. The highest BCUT2D eigenvalue weighted by Gasteiger charge is 2.29. The third kappa shape index (κ3) is 2.71. The average Bonchev–Trinajstić information content (AvgIpc) is 2.38. The van der Waals surface area contributed by atoms with Crippen LogP contribution in [0.2, 0.25) is 0 Å². The van der Waals surface area contributed by atoms with Gasteiger partial charge in [-0.25, -0.2) is 4.39 Å². The Balaban J connectivity index is 2.42. The quantitative estimate of drug-likeness (QED) is 0.872. The molecule has 1 aromatic rings. The zero-order chi connectivity index (χ0) is 14.0. The van der Waals surface area contributed by atoms with E-state index in [4.69, 9.17) is 5.73 Å². The second-order valence-electron chi connectivity index (χ2n) is 4.90. The molecule has 19 heavy (non-hydrogen) atoms. The summed E-state index contributed by atoms with van der Waals surface area (Å²) in [6.45, 7) is 5.11. The van der Waals surface area contributed by atoms with Gasteiger partial charge in [-0.05, 0) is 37.1 Å². The van der Waals surface area contributed by atoms with Crippen molar-refractivity contribution in [2.45, 2.75) is 32.4 Å². The molecule has 4 nitrogen and oxygen atoms in total. The number of nitrogens with one attached hydrogen (secondary N) is 1. The van der Waals surface area contributed by atoms with Crippen LogP contribution in [0.4, 0.5) is 10.1 Å². The van der Waals surface area contributed by atoms with Gasteiger partial charge >= 0.3 is 0 Å². The van der Waals surface area contributed by atoms with Gasteiger partial charge < -0.3 is 16.0 Å². The molecule has 1 saturated heterocycles. The molecule has 0 aliphatic carbocycles. The van der Waals surface area contributed by atoms with Crippen molar-refractivity contribution in [3.8, 4) is 0 Å². The maximum absolute atomic E-state index is 13.4. The summed E-state index contributed by atoms with van der Waals surface area (Å²) in [5.74, 6) is -0.278. The molecular weight excluding hydrogens is 245 g/mol. The molecule has 2 atom stereocenters. The van der Waals surface area contributed by atoms with Gasteiger partial charge in [-0.3, -0.25) is 4.79 Å². The summed E-state index contributed by atoms with van der Waals surface area (Å²) in [4.78, 5) is 13.9. The molecule has 2 unspecified atom stereocenters. The van der Waals surface area contributed by atoms with Crippen LogP contribution >= 0.6 is 0 Å². The van der Waals surface area contributed by atoms with Gasteiger partial charge in [-0.1, -0.05) is 6.92 Å². The van der Waals surface area contributed by atoms with Gasteiger partial charge in [-0.15, -0.1) is 0 Å². The topological polar surface area (TPSA) is 58.4 Å². The van der Waals surface area contributed by atoms with E-state index in [0.29, 0.717) is 13.0 Å². The predicted molar refractivity (Wildman–Crippen MR) is 73.4 cm³/mol. The molecule has 0 saturated carbocycles. The number of carbonyl (C=O) groups is 1. The number of hydrogen-bond donors (Lipinski definition) is 2. The summed E-state index contributed by atoms with van der Waals surface area (Å²) in [6, 6.07) is 4.11. The third-order valence-electron chi connectivity index (χ3n) is 3.51.